The topological polar surface area (TPSA) is 67.6 Å². The van der Waals surface area contributed by atoms with E-state index in [-0.39, 0.29) is 0 Å². The minimum absolute atomic E-state index is 0.724. The molecule has 0 aromatic carbocycles. The molecule has 0 radical (unpaired) electrons. The molecule has 2 aromatic rings. The van der Waals surface area contributed by atoms with Gasteiger partial charge in [-0.05, 0) is 0 Å². The van der Waals surface area contributed by atoms with E-state index < -0.39 is 0 Å². The van der Waals surface area contributed by atoms with Gasteiger partial charge in [-0.25, -0.2) is 9.99 Å². The molecule has 2 aromatic heterocycles. The predicted molar refractivity (Wildman–Crippen MR) is 56.8 cm³/mol. The first kappa shape index (κ1) is 9.49. The number of morpholine rings is 1. The highest BCUT2D eigenvalue weighted by Crippen LogP contribution is 2.11. The molecule has 0 saturated carbocycles. The van der Waals surface area contributed by atoms with Crippen molar-refractivity contribution in [2.45, 2.75) is 0 Å². The van der Waals surface area contributed by atoms with Crippen LogP contribution in [-0.4, -0.2) is 50.9 Å². The lowest BCUT2D eigenvalue weighted by Gasteiger charge is -2.27. The zero-order valence-electron chi connectivity index (χ0n) is 8.70. The Labute approximate surface area is 92.0 Å². The van der Waals surface area contributed by atoms with Crippen LogP contribution in [-0.2, 0) is 4.74 Å². The Hall–Kier alpha value is -1.73. The maximum absolute atomic E-state index is 5.27. The number of hydrogen-bond donors (Lipinski definition) is 1. The van der Waals surface area contributed by atoms with Crippen molar-refractivity contribution in [1.29, 1.82) is 0 Å². The zero-order valence-corrected chi connectivity index (χ0v) is 8.70. The van der Waals surface area contributed by atoms with E-state index in [1.54, 1.807) is 12.5 Å². The normalized spacial score (nSPS) is 17.8. The molecule has 0 unspecified atom stereocenters. The van der Waals surface area contributed by atoms with E-state index in [2.05, 4.69) is 25.6 Å². The molecule has 1 fully saturated rings. The fourth-order valence-corrected chi connectivity index (χ4v) is 1.66. The van der Waals surface area contributed by atoms with E-state index in [0.29, 0.717) is 0 Å². The highest BCUT2D eigenvalue weighted by Gasteiger charge is 2.12. The van der Waals surface area contributed by atoms with Gasteiger partial charge < -0.3 is 4.74 Å². The number of nitrogens with zero attached hydrogens (tertiary/aromatic N) is 5. The van der Waals surface area contributed by atoms with E-state index >= 15 is 0 Å². The maximum atomic E-state index is 5.27. The van der Waals surface area contributed by atoms with Crippen LogP contribution < -0.4 is 5.43 Å². The molecule has 1 aliphatic heterocycles. The molecule has 3 heterocycles. The lowest BCUT2D eigenvalue weighted by Crippen LogP contribution is -2.40. The van der Waals surface area contributed by atoms with Gasteiger partial charge in [0.1, 0.15) is 6.33 Å². The molecule has 3 rings (SSSR count). The van der Waals surface area contributed by atoms with Crippen molar-refractivity contribution in [3.63, 3.8) is 0 Å². The van der Waals surface area contributed by atoms with Crippen molar-refractivity contribution in [2.75, 3.05) is 31.7 Å². The number of fused-ring (bicyclic) bond motifs is 1. The van der Waals surface area contributed by atoms with Crippen LogP contribution in [0.15, 0.2) is 18.7 Å². The van der Waals surface area contributed by atoms with Gasteiger partial charge in [0.25, 0.3) is 0 Å². The SMILES string of the molecule is c1cn2cnnc2c(NN2CCOCC2)n1. The quantitative estimate of drug-likeness (QED) is 0.755. The molecule has 0 atom stereocenters. The number of nitrogens with one attached hydrogen (secondary N) is 1. The first-order valence-electron chi connectivity index (χ1n) is 5.17. The van der Waals surface area contributed by atoms with Crippen molar-refractivity contribution in [3.05, 3.63) is 18.7 Å². The summed E-state index contributed by atoms with van der Waals surface area (Å²) in [6.07, 6.45) is 5.19. The average molecular weight is 220 g/mol. The van der Waals surface area contributed by atoms with Gasteiger partial charge in [-0.3, -0.25) is 9.83 Å². The Morgan fingerprint density at radius 1 is 1.31 bits per heavy atom. The van der Waals surface area contributed by atoms with Gasteiger partial charge in [-0.15, -0.1) is 10.2 Å². The molecule has 0 bridgehead atoms. The maximum Gasteiger partial charge on any atom is 0.204 e. The third-order valence-electron chi connectivity index (χ3n) is 2.49. The first-order chi connectivity index (χ1) is 7.93. The largest absolute Gasteiger partial charge is 0.379 e. The van der Waals surface area contributed by atoms with Crippen molar-refractivity contribution < 1.29 is 4.74 Å². The number of hydrazine groups is 1. The van der Waals surface area contributed by atoms with Crippen LogP contribution in [0, 0.1) is 0 Å². The van der Waals surface area contributed by atoms with Gasteiger partial charge in [-0.1, -0.05) is 0 Å². The summed E-state index contributed by atoms with van der Waals surface area (Å²) in [5.41, 5.74) is 3.96. The van der Waals surface area contributed by atoms with E-state index in [1.807, 2.05) is 10.6 Å². The van der Waals surface area contributed by atoms with Crippen LogP contribution in [0.4, 0.5) is 5.82 Å². The number of anilines is 1. The fourth-order valence-electron chi connectivity index (χ4n) is 1.66. The summed E-state index contributed by atoms with van der Waals surface area (Å²) in [5.74, 6) is 0.724. The number of hydrogen-bond acceptors (Lipinski definition) is 6. The van der Waals surface area contributed by atoms with Crippen molar-refractivity contribution >= 4 is 11.5 Å². The molecule has 7 nitrogen and oxygen atoms in total. The molecule has 1 aliphatic rings. The van der Waals surface area contributed by atoms with E-state index in [0.717, 1.165) is 37.8 Å². The Balaban J connectivity index is 1.85. The van der Waals surface area contributed by atoms with Crippen LogP contribution in [0.25, 0.3) is 5.65 Å². The lowest BCUT2D eigenvalue weighted by molar-refractivity contribution is 0.0495. The Kier molecular flexibility index (Phi) is 2.39. The Bertz CT molecular complexity index is 478. The second kappa shape index (κ2) is 4.03. The van der Waals surface area contributed by atoms with Crippen LogP contribution in [0.3, 0.4) is 0 Å². The Morgan fingerprint density at radius 3 is 3.06 bits per heavy atom. The number of aromatic nitrogens is 4. The smallest absolute Gasteiger partial charge is 0.204 e. The molecule has 1 N–H and O–H groups in total. The summed E-state index contributed by atoms with van der Waals surface area (Å²) in [7, 11) is 0. The molecule has 16 heavy (non-hydrogen) atoms. The van der Waals surface area contributed by atoms with E-state index in [1.165, 1.54) is 0 Å². The van der Waals surface area contributed by atoms with Gasteiger partial charge in [0, 0.05) is 25.5 Å². The third kappa shape index (κ3) is 1.70. The van der Waals surface area contributed by atoms with E-state index in [4.69, 9.17) is 4.74 Å². The van der Waals surface area contributed by atoms with E-state index in [9.17, 15) is 0 Å². The second-order valence-electron chi connectivity index (χ2n) is 3.55. The van der Waals surface area contributed by atoms with Crippen LogP contribution in [0.1, 0.15) is 0 Å². The molecule has 0 amide bonds. The monoisotopic (exact) mass is 220 g/mol. The van der Waals surface area contributed by atoms with Gasteiger partial charge in [0.15, 0.2) is 5.82 Å². The van der Waals surface area contributed by atoms with Gasteiger partial charge >= 0.3 is 0 Å². The Morgan fingerprint density at radius 2 is 2.19 bits per heavy atom. The predicted octanol–water partition coefficient (Wildman–Crippen LogP) is -0.217. The summed E-state index contributed by atoms with van der Waals surface area (Å²) in [4.78, 5) is 4.26. The summed E-state index contributed by atoms with van der Waals surface area (Å²) >= 11 is 0. The standard InChI is InChI=1S/C9H12N6O/c1-2-14-7-11-12-9(14)8(10-1)13-15-3-5-16-6-4-15/h1-2,7H,3-6H2,(H,10,13). The molecule has 0 spiro atoms. The molecule has 1 saturated heterocycles. The average Bonchev–Trinajstić information content (AvgIpc) is 2.80. The molecular weight excluding hydrogens is 208 g/mol. The van der Waals surface area contributed by atoms with Crippen LogP contribution >= 0.6 is 0 Å². The van der Waals surface area contributed by atoms with Crippen molar-refractivity contribution in [1.82, 2.24) is 24.6 Å². The number of ether oxygens (including phenoxy) is 1. The van der Waals surface area contributed by atoms with Gasteiger partial charge in [0.05, 0.1) is 13.2 Å². The molecule has 0 aliphatic carbocycles. The minimum atomic E-state index is 0.724. The van der Waals surface area contributed by atoms with Crippen LogP contribution in [0.2, 0.25) is 0 Å². The summed E-state index contributed by atoms with van der Waals surface area (Å²) in [6, 6.07) is 0. The summed E-state index contributed by atoms with van der Waals surface area (Å²) < 4.78 is 7.10. The summed E-state index contributed by atoms with van der Waals surface area (Å²) in [5, 5.41) is 9.93. The minimum Gasteiger partial charge on any atom is -0.379 e. The van der Waals surface area contributed by atoms with Crippen molar-refractivity contribution in [2.24, 2.45) is 0 Å². The molecular formula is C9H12N6O. The highest BCUT2D eigenvalue weighted by molar-refractivity contribution is 5.60. The zero-order chi connectivity index (χ0) is 10.8. The van der Waals surface area contributed by atoms with Crippen molar-refractivity contribution in [3.8, 4) is 0 Å². The second-order valence-corrected chi connectivity index (χ2v) is 3.55. The first-order valence-corrected chi connectivity index (χ1v) is 5.17. The fraction of sp³-hybridized carbons (Fsp3) is 0.444. The number of rotatable bonds is 2. The van der Waals surface area contributed by atoms with Gasteiger partial charge in [0.2, 0.25) is 5.65 Å². The molecule has 84 valence electrons. The highest BCUT2D eigenvalue weighted by atomic mass is 16.5. The lowest BCUT2D eigenvalue weighted by atomic mass is 10.5. The summed E-state index contributed by atoms with van der Waals surface area (Å²) in [6.45, 7) is 3.17. The third-order valence-corrected chi connectivity index (χ3v) is 2.49. The van der Waals surface area contributed by atoms with Crippen LogP contribution in [0.5, 0.6) is 0 Å². The molecule has 7 heteroatoms. The van der Waals surface area contributed by atoms with Gasteiger partial charge in [-0.2, -0.15) is 0 Å².